The maximum atomic E-state index is 12.2. The topological polar surface area (TPSA) is 90.1 Å². The molecular weight excluding hydrogens is 284 g/mol. The Balaban J connectivity index is 2.16. The van der Waals surface area contributed by atoms with Crippen LogP contribution in [0.15, 0.2) is 18.2 Å². The first-order valence-corrected chi connectivity index (χ1v) is 6.83. The first-order valence-electron chi connectivity index (χ1n) is 6.83. The lowest BCUT2D eigenvalue weighted by Gasteiger charge is -2.07. The van der Waals surface area contributed by atoms with E-state index in [1.165, 1.54) is 6.07 Å². The van der Waals surface area contributed by atoms with Gasteiger partial charge < -0.3 is 5.32 Å². The second-order valence-corrected chi connectivity index (χ2v) is 5.21. The fourth-order valence-corrected chi connectivity index (χ4v) is 2.29. The first-order chi connectivity index (χ1) is 10.3. The smallest absolute Gasteiger partial charge is 0.273 e. The molecular formula is C15H18N4O3. The molecule has 7 nitrogen and oxygen atoms in total. The van der Waals surface area contributed by atoms with Gasteiger partial charge in [0, 0.05) is 42.0 Å². The maximum Gasteiger partial charge on any atom is 0.273 e. The highest BCUT2D eigenvalue weighted by Crippen LogP contribution is 2.19. The van der Waals surface area contributed by atoms with Crippen LogP contribution in [0.2, 0.25) is 0 Å². The van der Waals surface area contributed by atoms with E-state index in [-0.39, 0.29) is 17.2 Å². The number of hydrogen-bond donors (Lipinski definition) is 1. The molecule has 0 radical (unpaired) electrons. The summed E-state index contributed by atoms with van der Waals surface area (Å²) in [6, 6.07) is 4.46. The number of benzene rings is 1. The van der Waals surface area contributed by atoms with Crippen LogP contribution in [0.3, 0.4) is 0 Å². The zero-order chi connectivity index (χ0) is 16.4. The van der Waals surface area contributed by atoms with E-state index in [0.29, 0.717) is 12.1 Å². The predicted molar refractivity (Wildman–Crippen MR) is 81.7 cm³/mol. The lowest BCUT2D eigenvalue weighted by atomic mass is 10.1. The second kappa shape index (κ2) is 5.97. The summed E-state index contributed by atoms with van der Waals surface area (Å²) in [5.74, 6) is -0.342. The molecule has 0 saturated heterocycles. The van der Waals surface area contributed by atoms with Crippen molar-refractivity contribution in [2.75, 3.05) is 0 Å². The van der Waals surface area contributed by atoms with Gasteiger partial charge in [-0.15, -0.1) is 0 Å². The zero-order valence-electron chi connectivity index (χ0n) is 13.0. The lowest BCUT2D eigenvalue weighted by molar-refractivity contribution is -0.385. The van der Waals surface area contributed by atoms with Gasteiger partial charge in [-0.1, -0.05) is 6.07 Å². The number of nitro benzene ring substituents is 1. The van der Waals surface area contributed by atoms with Gasteiger partial charge in [0.25, 0.3) is 11.6 Å². The minimum absolute atomic E-state index is 0.0543. The van der Waals surface area contributed by atoms with Crippen LogP contribution in [0.25, 0.3) is 0 Å². The highest BCUT2D eigenvalue weighted by atomic mass is 16.6. The highest BCUT2D eigenvalue weighted by Gasteiger charge is 2.16. The lowest BCUT2D eigenvalue weighted by Crippen LogP contribution is -2.23. The average Bonchev–Trinajstić information content (AvgIpc) is 2.70. The van der Waals surface area contributed by atoms with Gasteiger partial charge in [-0.3, -0.25) is 19.6 Å². The van der Waals surface area contributed by atoms with Crippen LogP contribution in [0, 0.1) is 30.9 Å². The van der Waals surface area contributed by atoms with E-state index in [9.17, 15) is 14.9 Å². The van der Waals surface area contributed by atoms with Gasteiger partial charge in [0.2, 0.25) is 0 Å². The van der Waals surface area contributed by atoms with Crippen molar-refractivity contribution in [2.24, 2.45) is 7.05 Å². The molecule has 1 aromatic carbocycles. The van der Waals surface area contributed by atoms with Crippen molar-refractivity contribution in [2.45, 2.75) is 27.3 Å². The minimum atomic E-state index is -0.485. The molecule has 0 saturated carbocycles. The van der Waals surface area contributed by atoms with Gasteiger partial charge in [0.1, 0.15) is 0 Å². The number of aryl methyl sites for hydroxylation is 3. The molecule has 0 aliphatic heterocycles. The third-order valence-corrected chi connectivity index (χ3v) is 3.75. The molecule has 0 fully saturated rings. The van der Waals surface area contributed by atoms with Crippen molar-refractivity contribution in [3.05, 3.63) is 56.4 Å². The summed E-state index contributed by atoms with van der Waals surface area (Å²) in [5, 5.41) is 18.0. The quantitative estimate of drug-likeness (QED) is 0.692. The molecule has 0 atom stereocenters. The van der Waals surface area contributed by atoms with Gasteiger partial charge in [-0.05, 0) is 26.8 Å². The average molecular weight is 302 g/mol. The van der Waals surface area contributed by atoms with E-state index >= 15 is 0 Å². The molecule has 1 aromatic heterocycles. The molecule has 0 bridgehead atoms. The Hall–Kier alpha value is -2.70. The van der Waals surface area contributed by atoms with Crippen LogP contribution in [-0.2, 0) is 13.6 Å². The van der Waals surface area contributed by atoms with Gasteiger partial charge in [-0.25, -0.2) is 0 Å². The summed E-state index contributed by atoms with van der Waals surface area (Å²) in [4.78, 5) is 22.6. The zero-order valence-corrected chi connectivity index (χ0v) is 13.0. The molecule has 1 heterocycles. The first kappa shape index (κ1) is 15.7. The highest BCUT2D eigenvalue weighted by molar-refractivity contribution is 5.94. The Morgan fingerprint density at radius 2 is 2.05 bits per heavy atom. The van der Waals surface area contributed by atoms with Crippen LogP contribution >= 0.6 is 0 Å². The fourth-order valence-electron chi connectivity index (χ4n) is 2.29. The summed E-state index contributed by atoms with van der Waals surface area (Å²) < 4.78 is 1.76. The van der Waals surface area contributed by atoms with Gasteiger partial charge in [0.05, 0.1) is 10.6 Å². The van der Waals surface area contributed by atoms with Crippen LogP contribution in [-0.4, -0.2) is 20.6 Å². The summed E-state index contributed by atoms with van der Waals surface area (Å²) >= 11 is 0. The van der Waals surface area contributed by atoms with Crippen molar-refractivity contribution in [1.82, 2.24) is 15.1 Å². The number of nitro groups is 1. The summed E-state index contributed by atoms with van der Waals surface area (Å²) in [5.41, 5.74) is 3.54. The number of amides is 1. The van der Waals surface area contributed by atoms with E-state index in [2.05, 4.69) is 10.4 Å². The van der Waals surface area contributed by atoms with Crippen molar-refractivity contribution < 1.29 is 9.72 Å². The third kappa shape index (κ3) is 2.98. The number of carbonyl (C=O) groups is 1. The molecule has 0 aliphatic rings. The van der Waals surface area contributed by atoms with Crippen LogP contribution < -0.4 is 5.32 Å². The predicted octanol–water partition coefficient (Wildman–Crippen LogP) is 2.18. The van der Waals surface area contributed by atoms with E-state index < -0.39 is 4.92 Å². The van der Waals surface area contributed by atoms with Crippen molar-refractivity contribution >= 4 is 11.6 Å². The molecule has 0 aliphatic carbocycles. The monoisotopic (exact) mass is 302 g/mol. The van der Waals surface area contributed by atoms with Crippen LogP contribution in [0.4, 0.5) is 5.69 Å². The van der Waals surface area contributed by atoms with E-state index in [1.807, 2.05) is 20.9 Å². The van der Waals surface area contributed by atoms with Crippen molar-refractivity contribution in [1.29, 1.82) is 0 Å². The molecule has 1 N–H and O–H groups in total. The van der Waals surface area contributed by atoms with E-state index in [4.69, 9.17) is 0 Å². The van der Waals surface area contributed by atoms with E-state index in [0.717, 1.165) is 17.0 Å². The molecule has 0 unspecified atom stereocenters. The van der Waals surface area contributed by atoms with E-state index in [1.54, 1.807) is 23.7 Å². The normalized spacial score (nSPS) is 10.5. The number of rotatable bonds is 4. The SMILES string of the molecule is Cc1ccc(C(=O)NCc2c(C)nn(C)c2C)cc1[N+](=O)[O-]. The molecule has 2 aromatic rings. The summed E-state index contributed by atoms with van der Waals surface area (Å²) in [6.07, 6.45) is 0. The fraction of sp³-hybridized carbons (Fsp3) is 0.333. The number of nitrogens with zero attached hydrogens (tertiary/aromatic N) is 3. The van der Waals surface area contributed by atoms with Crippen LogP contribution in [0.1, 0.15) is 32.9 Å². The second-order valence-electron chi connectivity index (χ2n) is 5.21. The molecule has 2 rings (SSSR count). The third-order valence-electron chi connectivity index (χ3n) is 3.75. The Labute approximate surface area is 128 Å². The van der Waals surface area contributed by atoms with Gasteiger partial charge in [-0.2, -0.15) is 5.10 Å². The Morgan fingerprint density at radius 1 is 1.36 bits per heavy atom. The molecule has 0 spiro atoms. The molecule has 7 heteroatoms. The van der Waals surface area contributed by atoms with Crippen molar-refractivity contribution in [3.8, 4) is 0 Å². The summed E-state index contributed by atoms with van der Waals surface area (Å²) in [6.45, 7) is 5.79. The Kier molecular flexibility index (Phi) is 4.25. The molecule has 1 amide bonds. The number of hydrogen-bond acceptors (Lipinski definition) is 4. The summed E-state index contributed by atoms with van der Waals surface area (Å²) in [7, 11) is 1.84. The minimum Gasteiger partial charge on any atom is -0.348 e. The van der Waals surface area contributed by atoms with Crippen molar-refractivity contribution in [3.63, 3.8) is 0 Å². The van der Waals surface area contributed by atoms with Gasteiger partial charge in [0.15, 0.2) is 0 Å². The largest absolute Gasteiger partial charge is 0.348 e. The Morgan fingerprint density at radius 3 is 2.59 bits per heavy atom. The number of aromatic nitrogens is 2. The maximum absolute atomic E-state index is 12.2. The number of carbonyl (C=O) groups excluding carboxylic acids is 1. The van der Waals surface area contributed by atoms with Crippen LogP contribution in [0.5, 0.6) is 0 Å². The molecule has 116 valence electrons. The number of nitrogens with one attached hydrogen (secondary N) is 1. The van der Waals surface area contributed by atoms with Gasteiger partial charge >= 0.3 is 0 Å². The standard InChI is InChI=1S/C15H18N4O3/c1-9-5-6-12(7-14(9)19(21)22)15(20)16-8-13-10(2)17-18(4)11(13)3/h5-7H,8H2,1-4H3,(H,16,20). The molecule has 22 heavy (non-hydrogen) atoms. The Bertz CT molecular complexity index is 749.